The van der Waals surface area contributed by atoms with E-state index in [-0.39, 0.29) is 0 Å². The van der Waals surface area contributed by atoms with Crippen molar-refractivity contribution < 1.29 is 0 Å². The van der Waals surface area contributed by atoms with Crippen LogP contribution in [0.5, 0.6) is 0 Å². The van der Waals surface area contributed by atoms with Crippen LogP contribution in [0, 0.1) is 5.92 Å². The third kappa shape index (κ3) is 3.38. The normalized spacial score (nSPS) is 25.4. The predicted octanol–water partition coefficient (Wildman–Crippen LogP) is 3.65. The first kappa shape index (κ1) is 14.0. The molecule has 20 heavy (non-hydrogen) atoms. The van der Waals surface area contributed by atoms with E-state index in [1.54, 1.807) is 0 Å². The highest BCUT2D eigenvalue weighted by Crippen LogP contribution is 2.27. The van der Waals surface area contributed by atoms with E-state index >= 15 is 0 Å². The SMILES string of the molecule is CC(C)CC1CN=C(NC2CCc3ccccc3C2)S1. The number of aryl methyl sites for hydroxylation is 1. The van der Waals surface area contributed by atoms with E-state index in [0.717, 1.165) is 18.9 Å². The van der Waals surface area contributed by atoms with Crippen LogP contribution in [0.25, 0.3) is 0 Å². The Hall–Kier alpha value is -0.960. The van der Waals surface area contributed by atoms with Crippen molar-refractivity contribution in [2.24, 2.45) is 10.9 Å². The van der Waals surface area contributed by atoms with Crippen molar-refractivity contribution in [1.29, 1.82) is 0 Å². The third-order valence-corrected chi connectivity index (χ3v) is 5.27. The lowest BCUT2D eigenvalue weighted by Crippen LogP contribution is -2.37. The highest BCUT2D eigenvalue weighted by atomic mass is 32.2. The van der Waals surface area contributed by atoms with Gasteiger partial charge in [0.2, 0.25) is 0 Å². The monoisotopic (exact) mass is 288 g/mol. The third-order valence-electron chi connectivity index (χ3n) is 4.13. The van der Waals surface area contributed by atoms with Gasteiger partial charge in [-0.25, -0.2) is 0 Å². The lowest BCUT2D eigenvalue weighted by molar-refractivity contribution is 0.531. The van der Waals surface area contributed by atoms with Crippen LogP contribution < -0.4 is 5.32 Å². The number of fused-ring (bicyclic) bond motifs is 1. The summed E-state index contributed by atoms with van der Waals surface area (Å²) >= 11 is 1.95. The molecule has 1 aliphatic carbocycles. The number of rotatable bonds is 3. The van der Waals surface area contributed by atoms with E-state index in [4.69, 9.17) is 0 Å². The van der Waals surface area contributed by atoms with Gasteiger partial charge in [0.15, 0.2) is 5.17 Å². The molecule has 2 aliphatic rings. The standard InChI is InChI=1S/C17H24N2S/c1-12(2)9-16-11-18-17(20-16)19-15-8-7-13-5-3-4-6-14(13)10-15/h3-6,12,15-16H,7-11H2,1-2H3,(H,18,19). The summed E-state index contributed by atoms with van der Waals surface area (Å²) < 4.78 is 0. The van der Waals surface area contributed by atoms with E-state index in [2.05, 4.69) is 48.4 Å². The minimum absolute atomic E-state index is 0.564. The number of hydrogen-bond donors (Lipinski definition) is 1. The van der Waals surface area contributed by atoms with Crippen molar-refractivity contribution in [1.82, 2.24) is 5.32 Å². The Kier molecular flexibility index (Phi) is 4.35. The van der Waals surface area contributed by atoms with Gasteiger partial charge in [0, 0.05) is 11.3 Å². The molecular formula is C17H24N2S. The molecular weight excluding hydrogens is 264 g/mol. The zero-order chi connectivity index (χ0) is 13.9. The van der Waals surface area contributed by atoms with Gasteiger partial charge < -0.3 is 5.32 Å². The van der Waals surface area contributed by atoms with Crippen molar-refractivity contribution in [3.63, 3.8) is 0 Å². The van der Waals surface area contributed by atoms with E-state index in [1.807, 2.05) is 11.8 Å². The summed E-state index contributed by atoms with van der Waals surface area (Å²) in [4.78, 5) is 4.69. The van der Waals surface area contributed by atoms with Crippen molar-refractivity contribution in [2.75, 3.05) is 6.54 Å². The molecule has 1 aromatic rings. The van der Waals surface area contributed by atoms with Gasteiger partial charge in [-0.05, 0) is 42.7 Å². The van der Waals surface area contributed by atoms with E-state index in [0.29, 0.717) is 11.3 Å². The van der Waals surface area contributed by atoms with Crippen LogP contribution in [-0.2, 0) is 12.8 Å². The van der Waals surface area contributed by atoms with Crippen LogP contribution in [0.15, 0.2) is 29.3 Å². The van der Waals surface area contributed by atoms with Crippen molar-refractivity contribution in [3.8, 4) is 0 Å². The number of benzene rings is 1. The second kappa shape index (κ2) is 6.21. The molecule has 1 aromatic carbocycles. The van der Waals surface area contributed by atoms with Gasteiger partial charge >= 0.3 is 0 Å². The number of amidine groups is 1. The zero-order valence-corrected chi connectivity index (χ0v) is 13.2. The molecule has 0 saturated carbocycles. The van der Waals surface area contributed by atoms with Crippen LogP contribution in [0.4, 0.5) is 0 Å². The molecule has 0 fully saturated rings. The van der Waals surface area contributed by atoms with E-state index < -0.39 is 0 Å². The first-order chi connectivity index (χ1) is 9.70. The topological polar surface area (TPSA) is 24.4 Å². The Labute approximate surface area is 126 Å². The molecule has 1 heterocycles. The molecule has 3 rings (SSSR count). The second-order valence-electron chi connectivity index (χ2n) is 6.37. The van der Waals surface area contributed by atoms with Crippen molar-refractivity contribution >= 4 is 16.9 Å². The van der Waals surface area contributed by atoms with Gasteiger partial charge in [0.05, 0.1) is 6.54 Å². The summed E-state index contributed by atoms with van der Waals surface area (Å²) in [7, 11) is 0. The lowest BCUT2D eigenvalue weighted by Gasteiger charge is -2.26. The number of nitrogens with one attached hydrogen (secondary N) is 1. The first-order valence-electron chi connectivity index (χ1n) is 7.75. The quantitative estimate of drug-likeness (QED) is 0.918. The molecule has 108 valence electrons. The summed E-state index contributed by atoms with van der Waals surface area (Å²) in [5.74, 6) is 0.767. The molecule has 3 heteroatoms. The molecule has 0 radical (unpaired) electrons. The first-order valence-corrected chi connectivity index (χ1v) is 8.63. The summed E-state index contributed by atoms with van der Waals surface area (Å²) in [5, 5.41) is 5.54. The predicted molar refractivity (Wildman–Crippen MR) is 88.5 cm³/mol. The molecule has 0 saturated heterocycles. The molecule has 2 nitrogen and oxygen atoms in total. The number of aliphatic imine (C=N–C) groups is 1. The molecule has 2 atom stereocenters. The van der Waals surface area contributed by atoms with Gasteiger partial charge in [-0.3, -0.25) is 4.99 Å². The van der Waals surface area contributed by atoms with Crippen LogP contribution in [0.3, 0.4) is 0 Å². The molecule has 0 amide bonds. The molecule has 0 bridgehead atoms. The summed E-state index contributed by atoms with van der Waals surface area (Å²) in [5.41, 5.74) is 3.04. The maximum absolute atomic E-state index is 4.69. The Morgan fingerprint density at radius 2 is 2.10 bits per heavy atom. The smallest absolute Gasteiger partial charge is 0.157 e. The molecule has 2 unspecified atom stereocenters. The summed E-state index contributed by atoms with van der Waals surface area (Å²) in [6, 6.07) is 9.41. The summed E-state index contributed by atoms with van der Waals surface area (Å²) in [6.45, 7) is 5.59. The summed E-state index contributed by atoms with van der Waals surface area (Å²) in [6.07, 6.45) is 4.84. The van der Waals surface area contributed by atoms with Gasteiger partial charge in [0.25, 0.3) is 0 Å². The fraction of sp³-hybridized carbons (Fsp3) is 0.588. The fourth-order valence-electron chi connectivity index (χ4n) is 3.14. The van der Waals surface area contributed by atoms with Crippen LogP contribution >= 0.6 is 11.8 Å². The average Bonchev–Trinajstić information content (AvgIpc) is 2.85. The maximum Gasteiger partial charge on any atom is 0.157 e. The minimum Gasteiger partial charge on any atom is -0.362 e. The van der Waals surface area contributed by atoms with Gasteiger partial charge in [-0.2, -0.15) is 0 Å². The Morgan fingerprint density at radius 1 is 1.30 bits per heavy atom. The minimum atomic E-state index is 0.564. The van der Waals surface area contributed by atoms with E-state index in [9.17, 15) is 0 Å². The molecule has 0 spiro atoms. The zero-order valence-electron chi connectivity index (χ0n) is 12.4. The average molecular weight is 288 g/mol. The Morgan fingerprint density at radius 3 is 2.90 bits per heavy atom. The molecule has 1 N–H and O–H groups in total. The fourth-order valence-corrected chi connectivity index (χ4v) is 4.47. The van der Waals surface area contributed by atoms with Gasteiger partial charge in [0.1, 0.15) is 0 Å². The van der Waals surface area contributed by atoms with Crippen LogP contribution in [0.2, 0.25) is 0 Å². The number of hydrogen-bond acceptors (Lipinski definition) is 3. The largest absolute Gasteiger partial charge is 0.362 e. The van der Waals surface area contributed by atoms with E-state index in [1.165, 1.54) is 35.6 Å². The van der Waals surface area contributed by atoms with Crippen molar-refractivity contribution in [2.45, 2.75) is 50.8 Å². The van der Waals surface area contributed by atoms with Crippen molar-refractivity contribution in [3.05, 3.63) is 35.4 Å². The van der Waals surface area contributed by atoms with Gasteiger partial charge in [-0.1, -0.05) is 49.9 Å². The van der Waals surface area contributed by atoms with Gasteiger partial charge in [-0.15, -0.1) is 0 Å². The highest BCUT2D eigenvalue weighted by Gasteiger charge is 2.24. The Bertz CT molecular complexity index is 496. The molecule has 1 aliphatic heterocycles. The number of nitrogens with zero attached hydrogens (tertiary/aromatic N) is 1. The Balaban J connectivity index is 1.53. The van der Waals surface area contributed by atoms with Crippen LogP contribution in [-0.4, -0.2) is 23.0 Å². The number of thioether (sulfide) groups is 1. The second-order valence-corrected chi connectivity index (χ2v) is 7.66. The highest BCUT2D eigenvalue weighted by molar-refractivity contribution is 8.14. The lowest BCUT2D eigenvalue weighted by atomic mass is 9.88. The maximum atomic E-state index is 4.69. The van der Waals surface area contributed by atoms with Crippen LogP contribution in [0.1, 0.15) is 37.8 Å². The molecule has 0 aromatic heterocycles.